The number of rotatable bonds is 3. The summed E-state index contributed by atoms with van der Waals surface area (Å²) in [5.41, 5.74) is 4.15. The van der Waals surface area contributed by atoms with E-state index in [0.29, 0.717) is 17.8 Å². The van der Waals surface area contributed by atoms with Crippen LogP contribution in [0.4, 0.5) is 0 Å². The largest absolute Gasteiger partial charge is 0.294 e. The molecule has 0 aromatic rings. The van der Waals surface area contributed by atoms with Gasteiger partial charge >= 0.3 is 0 Å². The zero-order chi connectivity index (χ0) is 10.3. The second kappa shape index (κ2) is 3.32. The van der Waals surface area contributed by atoms with E-state index in [-0.39, 0.29) is 12.5 Å². The molecule has 2 N–H and O–H groups in total. The molecular formula is C10H14N4O. The van der Waals surface area contributed by atoms with E-state index in [4.69, 9.17) is 0 Å². The predicted octanol–water partition coefficient (Wildman–Crippen LogP) is 0.238. The lowest BCUT2D eigenvalue weighted by Crippen LogP contribution is -2.34. The van der Waals surface area contributed by atoms with Crippen molar-refractivity contribution >= 4 is 17.6 Å². The molecule has 0 aromatic heterocycles. The van der Waals surface area contributed by atoms with Crippen LogP contribution in [0.3, 0.4) is 0 Å². The zero-order valence-corrected chi connectivity index (χ0v) is 8.49. The number of hydrogen-bond donors (Lipinski definition) is 2. The summed E-state index contributed by atoms with van der Waals surface area (Å²) in [5, 5.41) is 7.01. The number of carbonyl (C=O) groups excluding carboxylic acids is 1. The summed E-state index contributed by atoms with van der Waals surface area (Å²) in [6.45, 7) is 0.222. The van der Waals surface area contributed by atoms with Gasteiger partial charge in [-0.05, 0) is 37.5 Å². The average molecular weight is 206 g/mol. The lowest BCUT2D eigenvalue weighted by molar-refractivity contribution is -0.117. The SMILES string of the molecule is O=C1CN=C(NN=C(C2CC2)C2CC2)N1. The number of carbonyl (C=O) groups is 1. The molecule has 0 spiro atoms. The molecule has 3 aliphatic rings. The van der Waals surface area contributed by atoms with Gasteiger partial charge in [-0.1, -0.05) is 0 Å². The monoisotopic (exact) mass is 206 g/mol. The Hall–Kier alpha value is -1.39. The number of nitrogens with zero attached hydrogens (tertiary/aromatic N) is 2. The Morgan fingerprint density at radius 1 is 1.33 bits per heavy atom. The van der Waals surface area contributed by atoms with Crippen molar-refractivity contribution in [3.63, 3.8) is 0 Å². The molecule has 0 bridgehead atoms. The van der Waals surface area contributed by atoms with Gasteiger partial charge in [0.2, 0.25) is 11.9 Å². The number of hydrogen-bond acceptors (Lipinski definition) is 4. The Labute approximate surface area is 88.0 Å². The van der Waals surface area contributed by atoms with Gasteiger partial charge in [0.1, 0.15) is 6.54 Å². The van der Waals surface area contributed by atoms with Gasteiger partial charge in [-0.2, -0.15) is 5.10 Å². The molecule has 15 heavy (non-hydrogen) atoms. The molecule has 2 saturated carbocycles. The Balaban J connectivity index is 1.62. The molecule has 0 radical (unpaired) electrons. The van der Waals surface area contributed by atoms with E-state index >= 15 is 0 Å². The van der Waals surface area contributed by atoms with E-state index in [1.54, 1.807) is 0 Å². The third-order valence-electron chi connectivity index (χ3n) is 2.92. The van der Waals surface area contributed by atoms with Crippen LogP contribution in [0.1, 0.15) is 25.7 Å². The van der Waals surface area contributed by atoms with E-state index in [1.165, 1.54) is 31.4 Å². The van der Waals surface area contributed by atoms with Crippen molar-refractivity contribution in [1.29, 1.82) is 0 Å². The summed E-state index contributed by atoms with van der Waals surface area (Å²) < 4.78 is 0. The Morgan fingerprint density at radius 2 is 2.00 bits per heavy atom. The third kappa shape index (κ3) is 2.00. The van der Waals surface area contributed by atoms with Crippen LogP contribution in [-0.2, 0) is 4.79 Å². The second-order valence-electron chi connectivity index (χ2n) is 4.41. The molecule has 0 atom stereocenters. The van der Waals surface area contributed by atoms with Gasteiger partial charge in [-0.25, -0.2) is 10.4 Å². The maximum Gasteiger partial charge on any atom is 0.248 e. The molecule has 0 aromatic carbocycles. The Morgan fingerprint density at radius 3 is 2.47 bits per heavy atom. The van der Waals surface area contributed by atoms with Crippen LogP contribution in [-0.4, -0.2) is 24.1 Å². The molecule has 80 valence electrons. The highest BCUT2D eigenvalue weighted by Crippen LogP contribution is 2.41. The van der Waals surface area contributed by atoms with E-state index < -0.39 is 0 Å². The number of amides is 1. The maximum absolute atomic E-state index is 10.9. The molecule has 5 nitrogen and oxygen atoms in total. The van der Waals surface area contributed by atoms with Gasteiger partial charge in [-0.3, -0.25) is 10.1 Å². The van der Waals surface area contributed by atoms with Crippen LogP contribution in [0.25, 0.3) is 0 Å². The second-order valence-corrected chi connectivity index (χ2v) is 4.41. The Bertz CT molecular complexity index is 338. The van der Waals surface area contributed by atoms with Gasteiger partial charge in [0.15, 0.2) is 0 Å². The number of nitrogens with one attached hydrogen (secondary N) is 2. The van der Waals surface area contributed by atoms with Crippen LogP contribution >= 0.6 is 0 Å². The molecule has 1 aliphatic heterocycles. The van der Waals surface area contributed by atoms with Crippen LogP contribution < -0.4 is 10.7 Å². The van der Waals surface area contributed by atoms with Crippen molar-refractivity contribution in [3.8, 4) is 0 Å². The first-order valence-electron chi connectivity index (χ1n) is 5.51. The zero-order valence-electron chi connectivity index (χ0n) is 8.49. The average Bonchev–Trinajstić information content (AvgIpc) is 3.09. The van der Waals surface area contributed by atoms with Gasteiger partial charge < -0.3 is 0 Å². The molecule has 1 heterocycles. The van der Waals surface area contributed by atoms with E-state index in [0.717, 1.165) is 0 Å². The highest BCUT2D eigenvalue weighted by Gasteiger charge is 2.38. The van der Waals surface area contributed by atoms with Gasteiger partial charge in [0.05, 0.1) is 0 Å². The van der Waals surface area contributed by atoms with Gasteiger partial charge in [0.25, 0.3) is 0 Å². The highest BCUT2D eigenvalue weighted by atomic mass is 16.2. The number of guanidine groups is 1. The fraction of sp³-hybridized carbons (Fsp3) is 0.700. The van der Waals surface area contributed by atoms with E-state index in [9.17, 15) is 4.79 Å². The summed E-state index contributed by atoms with van der Waals surface area (Å²) in [6.07, 6.45) is 5.09. The minimum atomic E-state index is -0.0629. The minimum absolute atomic E-state index is 0.0629. The molecule has 1 amide bonds. The number of hydrazone groups is 1. The third-order valence-corrected chi connectivity index (χ3v) is 2.92. The molecular weight excluding hydrogens is 192 g/mol. The van der Waals surface area contributed by atoms with Crippen LogP contribution in [0.2, 0.25) is 0 Å². The summed E-state index contributed by atoms with van der Waals surface area (Å²) in [4.78, 5) is 14.9. The molecule has 0 saturated heterocycles. The van der Waals surface area contributed by atoms with Crippen LogP contribution in [0.15, 0.2) is 10.1 Å². The van der Waals surface area contributed by atoms with Crippen molar-refractivity contribution in [2.45, 2.75) is 25.7 Å². The standard InChI is InChI=1S/C10H14N4O/c15-8-5-11-10(12-8)14-13-9(6-1-2-6)7-3-4-7/h6-7H,1-5H2,(H2,11,12,14,15). The first-order valence-corrected chi connectivity index (χ1v) is 5.51. The minimum Gasteiger partial charge on any atom is -0.294 e. The Kier molecular flexibility index (Phi) is 1.97. The van der Waals surface area contributed by atoms with E-state index in [1.807, 2.05) is 0 Å². The van der Waals surface area contributed by atoms with Crippen molar-refractivity contribution in [2.24, 2.45) is 21.9 Å². The van der Waals surface area contributed by atoms with Crippen LogP contribution in [0.5, 0.6) is 0 Å². The van der Waals surface area contributed by atoms with Gasteiger partial charge in [-0.15, -0.1) is 0 Å². The smallest absolute Gasteiger partial charge is 0.248 e. The fourth-order valence-corrected chi connectivity index (χ4v) is 1.82. The lowest BCUT2D eigenvalue weighted by atomic mass is 10.2. The summed E-state index contributed by atoms with van der Waals surface area (Å²) in [6, 6.07) is 0. The highest BCUT2D eigenvalue weighted by molar-refractivity contribution is 6.03. The molecule has 3 rings (SSSR count). The summed E-state index contributed by atoms with van der Waals surface area (Å²) in [5.74, 6) is 1.83. The first kappa shape index (κ1) is 8.88. The predicted molar refractivity (Wildman–Crippen MR) is 56.5 cm³/mol. The van der Waals surface area contributed by atoms with E-state index in [2.05, 4.69) is 20.8 Å². The fourth-order valence-electron chi connectivity index (χ4n) is 1.82. The van der Waals surface area contributed by atoms with Crippen LogP contribution in [0, 0.1) is 11.8 Å². The topological polar surface area (TPSA) is 65.8 Å². The first-order chi connectivity index (χ1) is 7.33. The maximum atomic E-state index is 10.9. The summed E-state index contributed by atoms with van der Waals surface area (Å²) in [7, 11) is 0. The van der Waals surface area contributed by atoms with Gasteiger partial charge in [0, 0.05) is 5.71 Å². The molecule has 5 heteroatoms. The summed E-state index contributed by atoms with van der Waals surface area (Å²) >= 11 is 0. The van der Waals surface area contributed by atoms with Crippen molar-refractivity contribution in [3.05, 3.63) is 0 Å². The lowest BCUT2D eigenvalue weighted by Gasteiger charge is -2.04. The molecule has 2 aliphatic carbocycles. The molecule has 2 fully saturated rings. The molecule has 0 unspecified atom stereocenters. The normalized spacial score (nSPS) is 24.5. The van der Waals surface area contributed by atoms with Crippen molar-refractivity contribution in [1.82, 2.24) is 10.7 Å². The quantitative estimate of drug-likeness (QED) is 0.513. The van der Waals surface area contributed by atoms with Crippen molar-refractivity contribution < 1.29 is 4.79 Å². The van der Waals surface area contributed by atoms with Crippen molar-refractivity contribution in [2.75, 3.05) is 6.54 Å². The number of aliphatic imine (C=N–C) groups is 1.